The maximum atomic E-state index is 12.4. The third-order valence-electron chi connectivity index (χ3n) is 4.92. The Morgan fingerprint density at radius 3 is 2.73 bits per heavy atom. The molecular weight excluding hydrogens is 418 g/mol. The Kier molecular flexibility index (Phi) is 6.59. The van der Waals surface area contributed by atoms with Crippen LogP contribution in [-0.4, -0.2) is 45.5 Å². The molecule has 1 amide bonds. The third-order valence-corrected chi connectivity index (χ3v) is 7.15. The normalized spacial score (nSPS) is 14.5. The Morgan fingerprint density at radius 2 is 1.97 bits per heavy atom. The van der Waals surface area contributed by atoms with Crippen molar-refractivity contribution < 1.29 is 9.59 Å². The van der Waals surface area contributed by atoms with Gasteiger partial charge in [-0.2, -0.15) is 4.98 Å². The molecule has 0 bridgehead atoms. The zero-order valence-corrected chi connectivity index (χ0v) is 18.4. The van der Waals surface area contributed by atoms with Crippen molar-refractivity contribution in [2.24, 2.45) is 0 Å². The van der Waals surface area contributed by atoms with Gasteiger partial charge in [0, 0.05) is 24.3 Å². The number of thiazole rings is 1. The predicted molar refractivity (Wildman–Crippen MR) is 122 cm³/mol. The molecule has 0 atom stereocenters. The van der Waals surface area contributed by atoms with Gasteiger partial charge in [0.25, 0.3) is 0 Å². The number of nitrogens with one attached hydrogen (secondary N) is 1. The number of anilines is 2. The van der Waals surface area contributed by atoms with Crippen molar-refractivity contribution in [1.82, 2.24) is 15.0 Å². The minimum Gasteiger partial charge on any atom is -0.348 e. The summed E-state index contributed by atoms with van der Waals surface area (Å²) in [4.78, 5) is 39.7. The van der Waals surface area contributed by atoms with Crippen LogP contribution in [-0.2, 0) is 4.79 Å². The summed E-state index contributed by atoms with van der Waals surface area (Å²) in [5, 5.41) is 4.60. The first-order valence-electron chi connectivity index (χ1n) is 10.0. The molecule has 7 nitrogen and oxygen atoms in total. The van der Waals surface area contributed by atoms with Gasteiger partial charge in [0.15, 0.2) is 16.6 Å². The van der Waals surface area contributed by atoms with Crippen LogP contribution in [0.2, 0.25) is 0 Å². The molecule has 4 rings (SSSR count). The zero-order chi connectivity index (χ0) is 20.9. The van der Waals surface area contributed by atoms with Crippen LogP contribution in [0.1, 0.15) is 43.0 Å². The van der Waals surface area contributed by atoms with Gasteiger partial charge in [0.05, 0.1) is 5.75 Å². The summed E-state index contributed by atoms with van der Waals surface area (Å²) in [6.45, 7) is 3.56. The maximum absolute atomic E-state index is 12.4. The van der Waals surface area contributed by atoms with Crippen LogP contribution in [0.25, 0.3) is 10.3 Å². The summed E-state index contributed by atoms with van der Waals surface area (Å²) in [6.07, 6.45) is 6.42. The van der Waals surface area contributed by atoms with Gasteiger partial charge in [-0.05, 0) is 31.9 Å². The van der Waals surface area contributed by atoms with E-state index in [1.165, 1.54) is 50.7 Å². The van der Waals surface area contributed by atoms with E-state index in [9.17, 15) is 9.59 Å². The minimum atomic E-state index is -0.148. The number of hydrogen-bond donors (Lipinski definition) is 1. The van der Waals surface area contributed by atoms with Crippen LogP contribution in [0.5, 0.6) is 0 Å². The van der Waals surface area contributed by atoms with Gasteiger partial charge in [0.1, 0.15) is 16.1 Å². The first-order valence-corrected chi connectivity index (χ1v) is 11.8. The van der Waals surface area contributed by atoms with Crippen molar-refractivity contribution in [3.05, 3.63) is 36.2 Å². The van der Waals surface area contributed by atoms with Gasteiger partial charge in [-0.1, -0.05) is 48.1 Å². The highest BCUT2D eigenvalue weighted by Crippen LogP contribution is 2.34. The van der Waals surface area contributed by atoms with Crippen molar-refractivity contribution >= 4 is 56.0 Å². The van der Waals surface area contributed by atoms with E-state index in [2.05, 4.69) is 20.2 Å². The summed E-state index contributed by atoms with van der Waals surface area (Å²) in [5.41, 5.74) is 1.87. The quantitative estimate of drug-likeness (QED) is 0.344. The standard InChI is InChI=1S/C21H23N5O2S2/c1-14(27)15-7-6-8-16(11-15)24-17(28)12-29-20-18-19(22-13-23-20)25-21(30-18)26-9-4-2-3-5-10-26/h6-8,11,13H,2-5,9-10,12H2,1H3,(H,24,28). The lowest BCUT2D eigenvalue weighted by molar-refractivity contribution is -0.113. The molecule has 1 aliphatic heterocycles. The molecule has 1 aromatic carbocycles. The number of benzene rings is 1. The molecule has 9 heteroatoms. The third kappa shape index (κ3) is 4.96. The van der Waals surface area contributed by atoms with Crippen molar-refractivity contribution in [1.29, 1.82) is 0 Å². The average molecular weight is 442 g/mol. The molecule has 156 valence electrons. The Morgan fingerprint density at radius 1 is 1.17 bits per heavy atom. The fourth-order valence-corrected chi connectivity index (χ4v) is 5.31. The Balaban J connectivity index is 1.44. The van der Waals surface area contributed by atoms with E-state index >= 15 is 0 Å². The van der Waals surface area contributed by atoms with Crippen LogP contribution >= 0.6 is 23.1 Å². The average Bonchev–Trinajstić information content (AvgIpc) is 2.99. The molecule has 0 spiro atoms. The Bertz CT molecular complexity index is 1060. The highest BCUT2D eigenvalue weighted by atomic mass is 32.2. The number of fused-ring (bicyclic) bond motifs is 1. The number of hydrogen-bond acceptors (Lipinski definition) is 8. The second kappa shape index (κ2) is 9.53. The first kappa shape index (κ1) is 20.7. The van der Waals surface area contributed by atoms with Crippen LogP contribution in [0.3, 0.4) is 0 Å². The van der Waals surface area contributed by atoms with Crippen LogP contribution in [0, 0.1) is 0 Å². The number of nitrogens with zero attached hydrogens (tertiary/aromatic N) is 4. The van der Waals surface area contributed by atoms with E-state index in [0.29, 0.717) is 16.9 Å². The molecule has 2 aromatic heterocycles. The van der Waals surface area contributed by atoms with Gasteiger partial charge < -0.3 is 10.2 Å². The number of thioether (sulfide) groups is 1. The number of rotatable bonds is 6. The summed E-state index contributed by atoms with van der Waals surface area (Å²) in [7, 11) is 0. The number of Topliss-reactive ketones (excluding diaryl/α,β-unsaturated/α-hetero) is 1. The topological polar surface area (TPSA) is 88.1 Å². The smallest absolute Gasteiger partial charge is 0.234 e. The molecular formula is C21H23N5O2S2. The lowest BCUT2D eigenvalue weighted by Gasteiger charge is -2.18. The van der Waals surface area contributed by atoms with E-state index in [1.807, 2.05) is 0 Å². The summed E-state index contributed by atoms with van der Waals surface area (Å²) in [5.74, 6) is 0.0341. The predicted octanol–water partition coefficient (Wildman–Crippen LogP) is 4.40. The molecule has 1 saturated heterocycles. The van der Waals surface area contributed by atoms with E-state index in [0.717, 1.165) is 27.9 Å². The second-order valence-electron chi connectivity index (χ2n) is 7.20. The molecule has 0 aliphatic carbocycles. The summed E-state index contributed by atoms with van der Waals surface area (Å²) >= 11 is 2.97. The van der Waals surface area contributed by atoms with Crippen molar-refractivity contribution in [3.63, 3.8) is 0 Å². The van der Waals surface area contributed by atoms with Crippen molar-refractivity contribution in [2.45, 2.75) is 37.6 Å². The van der Waals surface area contributed by atoms with Gasteiger partial charge in [-0.25, -0.2) is 9.97 Å². The van der Waals surface area contributed by atoms with E-state index in [1.54, 1.807) is 35.6 Å². The van der Waals surface area contributed by atoms with Crippen LogP contribution in [0.4, 0.5) is 10.8 Å². The van der Waals surface area contributed by atoms with E-state index in [4.69, 9.17) is 4.98 Å². The molecule has 0 radical (unpaired) electrons. The number of carbonyl (C=O) groups excluding carboxylic acids is 2. The SMILES string of the molecule is CC(=O)c1cccc(NC(=O)CSc2ncnc3nc(N4CCCCCC4)sc23)c1. The number of aromatic nitrogens is 3. The molecule has 3 aromatic rings. The molecule has 1 fully saturated rings. The Labute approximate surface area is 183 Å². The maximum Gasteiger partial charge on any atom is 0.234 e. The summed E-state index contributed by atoms with van der Waals surface area (Å²) in [6, 6.07) is 6.95. The Hall–Kier alpha value is -2.52. The van der Waals surface area contributed by atoms with Crippen molar-refractivity contribution in [2.75, 3.05) is 29.1 Å². The van der Waals surface area contributed by atoms with Gasteiger partial charge >= 0.3 is 0 Å². The molecule has 0 saturated carbocycles. The fourth-order valence-electron chi connectivity index (χ4n) is 3.37. The molecule has 30 heavy (non-hydrogen) atoms. The number of amides is 1. The number of carbonyl (C=O) groups is 2. The van der Waals surface area contributed by atoms with E-state index in [-0.39, 0.29) is 17.4 Å². The summed E-state index contributed by atoms with van der Waals surface area (Å²) < 4.78 is 0.924. The van der Waals surface area contributed by atoms with Crippen LogP contribution < -0.4 is 10.2 Å². The highest BCUT2D eigenvalue weighted by Gasteiger charge is 2.18. The minimum absolute atomic E-state index is 0.0331. The fraction of sp³-hybridized carbons (Fsp3) is 0.381. The largest absolute Gasteiger partial charge is 0.348 e. The van der Waals surface area contributed by atoms with Gasteiger partial charge in [-0.15, -0.1) is 0 Å². The second-order valence-corrected chi connectivity index (χ2v) is 9.14. The zero-order valence-electron chi connectivity index (χ0n) is 16.8. The monoisotopic (exact) mass is 441 g/mol. The molecule has 1 aliphatic rings. The van der Waals surface area contributed by atoms with Gasteiger partial charge in [0.2, 0.25) is 5.91 Å². The molecule has 1 N–H and O–H groups in total. The van der Waals surface area contributed by atoms with Crippen LogP contribution in [0.15, 0.2) is 35.6 Å². The van der Waals surface area contributed by atoms with Crippen molar-refractivity contribution in [3.8, 4) is 0 Å². The lowest BCUT2D eigenvalue weighted by Crippen LogP contribution is -2.23. The highest BCUT2D eigenvalue weighted by molar-refractivity contribution is 8.00. The molecule has 3 heterocycles. The number of ketones is 1. The molecule has 0 unspecified atom stereocenters. The first-order chi connectivity index (χ1) is 14.6. The van der Waals surface area contributed by atoms with Gasteiger partial charge in [-0.3, -0.25) is 9.59 Å². The lowest BCUT2D eigenvalue weighted by atomic mass is 10.1. The van der Waals surface area contributed by atoms with E-state index < -0.39 is 0 Å².